The molecule has 0 aliphatic heterocycles. The van der Waals surface area contributed by atoms with Crippen molar-refractivity contribution in [3.05, 3.63) is 48.3 Å². The summed E-state index contributed by atoms with van der Waals surface area (Å²) in [5, 5.41) is 0. The summed E-state index contributed by atoms with van der Waals surface area (Å²) in [6.07, 6.45) is 5.29. The van der Waals surface area contributed by atoms with Crippen LogP contribution in [0.15, 0.2) is 36.9 Å². The largest absolute Gasteiger partial charge is 0.207 e. The van der Waals surface area contributed by atoms with Crippen molar-refractivity contribution in [2.24, 2.45) is 0 Å². The second-order valence-corrected chi connectivity index (χ2v) is 3.67. The summed E-state index contributed by atoms with van der Waals surface area (Å²) in [6.45, 7) is 5.87. The molecule has 1 heteroatoms. The van der Waals surface area contributed by atoms with Crippen LogP contribution in [0.2, 0.25) is 0 Å². The van der Waals surface area contributed by atoms with E-state index >= 15 is 0 Å². The summed E-state index contributed by atoms with van der Waals surface area (Å²) in [5.74, 6) is 0.350. The minimum absolute atomic E-state index is 0.160. The summed E-state index contributed by atoms with van der Waals surface area (Å²) in [6, 6.07) is 6.79. The Balaban J connectivity index is 2.47. The Morgan fingerprint density at radius 2 is 2.00 bits per heavy atom. The van der Waals surface area contributed by atoms with E-state index in [0.29, 0.717) is 5.92 Å². The molecule has 0 saturated heterocycles. The molecule has 76 valence electrons. The van der Waals surface area contributed by atoms with Gasteiger partial charge in [0, 0.05) is 0 Å². The lowest BCUT2D eigenvalue weighted by atomic mass is 9.95. The summed E-state index contributed by atoms with van der Waals surface area (Å²) >= 11 is 0. The van der Waals surface area contributed by atoms with Gasteiger partial charge >= 0.3 is 0 Å². The molecular formula is C13H17F. The van der Waals surface area contributed by atoms with E-state index in [4.69, 9.17) is 0 Å². The van der Waals surface area contributed by atoms with E-state index in [9.17, 15) is 4.39 Å². The Labute approximate surface area is 85.5 Å². The van der Waals surface area contributed by atoms with Crippen LogP contribution in [0.3, 0.4) is 0 Å². The van der Waals surface area contributed by atoms with Gasteiger partial charge < -0.3 is 0 Å². The highest BCUT2D eigenvalue weighted by atomic mass is 19.1. The predicted octanol–water partition coefficient (Wildman–Crippen LogP) is 4.29. The van der Waals surface area contributed by atoms with Gasteiger partial charge in [-0.1, -0.05) is 25.1 Å². The van der Waals surface area contributed by atoms with Crippen LogP contribution in [0, 0.1) is 5.82 Å². The van der Waals surface area contributed by atoms with Crippen molar-refractivity contribution in [2.45, 2.75) is 32.1 Å². The lowest BCUT2D eigenvalue weighted by Gasteiger charge is -2.10. The highest BCUT2D eigenvalue weighted by Crippen LogP contribution is 2.21. The zero-order valence-corrected chi connectivity index (χ0v) is 8.67. The molecule has 14 heavy (non-hydrogen) atoms. The molecule has 0 nitrogen and oxygen atoms in total. The van der Waals surface area contributed by atoms with Crippen molar-refractivity contribution >= 4 is 0 Å². The molecule has 0 spiro atoms. The van der Waals surface area contributed by atoms with Crippen molar-refractivity contribution in [1.82, 2.24) is 0 Å². The number of rotatable bonds is 5. The zero-order chi connectivity index (χ0) is 10.4. The minimum Gasteiger partial charge on any atom is -0.207 e. The van der Waals surface area contributed by atoms with Gasteiger partial charge in [-0.2, -0.15) is 0 Å². The van der Waals surface area contributed by atoms with Gasteiger partial charge in [-0.05, 0) is 42.9 Å². The molecule has 1 unspecified atom stereocenters. The number of allylic oxidation sites excluding steroid dienone is 1. The maximum Gasteiger partial charge on any atom is 0.123 e. The van der Waals surface area contributed by atoms with Crippen molar-refractivity contribution in [3.63, 3.8) is 0 Å². The predicted molar refractivity (Wildman–Crippen MR) is 58.9 cm³/mol. The Kier molecular flexibility index (Phi) is 4.37. The van der Waals surface area contributed by atoms with Crippen LogP contribution in [-0.4, -0.2) is 0 Å². The average molecular weight is 192 g/mol. The van der Waals surface area contributed by atoms with Crippen LogP contribution in [0.5, 0.6) is 0 Å². The molecule has 1 aromatic carbocycles. The molecule has 0 amide bonds. The van der Waals surface area contributed by atoms with E-state index in [1.165, 1.54) is 17.7 Å². The van der Waals surface area contributed by atoms with Gasteiger partial charge in [0.25, 0.3) is 0 Å². The second kappa shape index (κ2) is 5.58. The van der Waals surface area contributed by atoms with E-state index in [-0.39, 0.29) is 5.82 Å². The lowest BCUT2D eigenvalue weighted by molar-refractivity contribution is 0.617. The molecule has 0 heterocycles. The highest BCUT2D eigenvalue weighted by Gasteiger charge is 2.04. The first-order chi connectivity index (χ1) is 6.74. The van der Waals surface area contributed by atoms with Gasteiger partial charge in [-0.3, -0.25) is 0 Å². The molecule has 0 saturated carbocycles. The standard InChI is InChI=1S/C13H17F/c1-3-4-5-6-11(2)12-7-9-13(14)10-8-12/h3,7-11H,1,4-6H2,2H3. The van der Waals surface area contributed by atoms with E-state index in [1.54, 1.807) is 0 Å². The molecule has 0 aliphatic rings. The molecule has 0 N–H and O–H groups in total. The van der Waals surface area contributed by atoms with Crippen LogP contribution in [0.1, 0.15) is 37.7 Å². The van der Waals surface area contributed by atoms with Gasteiger partial charge in [-0.15, -0.1) is 6.58 Å². The first kappa shape index (κ1) is 11.0. The van der Waals surface area contributed by atoms with Gasteiger partial charge in [0.05, 0.1) is 0 Å². The first-order valence-corrected chi connectivity index (χ1v) is 5.10. The Morgan fingerprint density at radius 1 is 1.36 bits per heavy atom. The Morgan fingerprint density at radius 3 is 2.57 bits per heavy atom. The molecule has 1 aromatic rings. The number of halogens is 1. The summed E-state index contributed by atoms with van der Waals surface area (Å²) in [5.41, 5.74) is 1.22. The fourth-order valence-electron chi connectivity index (χ4n) is 1.53. The second-order valence-electron chi connectivity index (χ2n) is 3.67. The third-order valence-electron chi connectivity index (χ3n) is 2.48. The van der Waals surface area contributed by atoms with Crippen molar-refractivity contribution in [3.8, 4) is 0 Å². The zero-order valence-electron chi connectivity index (χ0n) is 8.67. The van der Waals surface area contributed by atoms with Crippen LogP contribution < -0.4 is 0 Å². The number of unbranched alkanes of at least 4 members (excludes halogenated alkanes) is 1. The Hall–Kier alpha value is -1.11. The van der Waals surface area contributed by atoms with Crippen molar-refractivity contribution < 1.29 is 4.39 Å². The van der Waals surface area contributed by atoms with E-state index < -0.39 is 0 Å². The summed E-state index contributed by atoms with van der Waals surface area (Å²) in [4.78, 5) is 0. The number of hydrogen-bond acceptors (Lipinski definition) is 0. The topological polar surface area (TPSA) is 0 Å². The van der Waals surface area contributed by atoms with Crippen molar-refractivity contribution in [2.75, 3.05) is 0 Å². The monoisotopic (exact) mass is 192 g/mol. The summed E-state index contributed by atoms with van der Waals surface area (Å²) in [7, 11) is 0. The minimum atomic E-state index is -0.160. The molecule has 1 atom stereocenters. The summed E-state index contributed by atoms with van der Waals surface area (Å²) < 4.78 is 12.6. The van der Waals surface area contributed by atoms with E-state index in [1.807, 2.05) is 18.2 Å². The van der Waals surface area contributed by atoms with Crippen LogP contribution in [0.4, 0.5) is 4.39 Å². The molecule has 0 aromatic heterocycles. The molecule has 0 radical (unpaired) electrons. The maximum atomic E-state index is 12.6. The molecule has 0 bridgehead atoms. The van der Waals surface area contributed by atoms with E-state index in [0.717, 1.165) is 19.3 Å². The van der Waals surface area contributed by atoms with Crippen molar-refractivity contribution in [1.29, 1.82) is 0 Å². The maximum absolute atomic E-state index is 12.6. The Bertz CT molecular complexity index is 274. The van der Waals surface area contributed by atoms with E-state index in [2.05, 4.69) is 13.5 Å². The fourth-order valence-corrected chi connectivity index (χ4v) is 1.53. The molecule has 0 aliphatic carbocycles. The van der Waals surface area contributed by atoms with Crippen LogP contribution in [0.25, 0.3) is 0 Å². The smallest absolute Gasteiger partial charge is 0.123 e. The fraction of sp³-hybridized carbons (Fsp3) is 0.385. The third-order valence-corrected chi connectivity index (χ3v) is 2.48. The van der Waals surface area contributed by atoms with Gasteiger partial charge in [0.1, 0.15) is 5.82 Å². The molecule has 1 rings (SSSR count). The number of benzene rings is 1. The normalized spacial score (nSPS) is 12.4. The SMILES string of the molecule is C=CCCCC(C)c1ccc(F)cc1. The molecule has 0 fully saturated rings. The van der Waals surface area contributed by atoms with Crippen LogP contribution in [-0.2, 0) is 0 Å². The van der Waals surface area contributed by atoms with Gasteiger partial charge in [-0.25, -0.2) is 4.39 Å². The average Bonchev–Trinajstić information content (AvgIpc) is 2.19. The number of hydrogen-bond donors (Lipinski definition) is 0. The first-order valence-electron chi connectivity index (χ1n) is 5.10. The van der Waals surface area contributed by atoms with Crippen LogP contribution >= 0.6 is 0 Å². The quantitative estimate of drug-likeness (QED) is 0.482. The van der Waals surface area contributed by atoms with Gasteiger partial charge in [0.15, 0.2) is 0 Å². The third kappa shape index (κ3) is 3.33. The lowest BCUT2D eigenvalue weighted by Crippen LogP contribution is -1.93. The van der Waals surface area contributed by atoms with Gasteiger partial charge in [0.2, 0.25) is 0 Å². The molecular weight excluding hydrogens is 175 g/mol. The highest BCUT2D eigenvalue weighted by molar-refractivity contribution is 5.19.